The van der Waals surface area contributed by atoms with E-state index in [1.165, 1.54) is 6.92 Å². The van der Waals surface area contributed by atoms with Crippen LogP contribution in [0.3, 0.4) is 0 Å². The fraction of sp³-hybridized carbons (Fsp3) is 0.357. The highest BCUT2D eigenvalue weighted by Gasteiger charge is 2.51. The van der Waals surface area contributed by atoms with Gasteiger partial charge >= 0.3 is 15.6 Å². The van der Waals surface area contributed by atoms with Crippen molar-refractivity contribution in [1.82, 2.24) is 0 Å². The van der Waals surface area contributed by atoms with E-state index in [2.05, 4.69) is 4.18 Å². The van der Waals surface area contributed by atoms with Crippen LogP contribution in [0.25, 0.3) is 0 Å². The van der Waals surface area contributed by atoms with Gasteiger partial charge in [0.2, 0.25) is 5.78 Å². The Morgan fingerprint density at radius 2 is 1.91 bits per heavy atom. The van der Waals surface area contributed by atoms with Crippen LogP contribution in [0.2, 0.25) is 0 Å². The second-order valence-corrected chi connectivity index (χ2v) is 6.82. The molecule has 0 bridgehead atoms. The summed E-state index contributed by atoms with van der Waals surface area (Å²) in [7, 11) is -5.84. The van der Waals surface area contributed by atoms with Gasteiger partial charge in [0.25, 0.3) is 0 Å². The number of carbonyl (C=O) groups excluding carboxylic acids is 1. The molecule has 2 rings (SSSR count). The molecule has 0 saturated carbocycles. The number of benzene rings is 1. The average Bonchev–Trinajstić information content (AvgIpc) is 2.67. The molecule has 4 nitrogen and oxygen atoms in total. The third kappa shape index (κ3) is 2.75. The minimum atomic E-state index is -5.84. The Bertz CT molecular complexity index is 750. The van der Waals surface area contributed by atoms with E-state index >= 15 is 0 Å². The number of ketones is 1. The zero-order valence-corrected chi connectivity index (χ0v) is 12.6. The van der Waals surface area contributed by atoms with Gasteiger partial charge in [-0.15, -0.1) is 0 Å². The van der Waals surface area contributed by atoms with Crippen LogP contribution in [0.5, 0.6) is 0 Å². The monoisotopic (exact) mass is 334 g/mol. The largest absolute Gasteiger partial charge is 0.534 e. The van der Waals surface area contributed by atoms with E-state index in [4.69, 9.17) is 0 Å². The number of halogens is 3. The van der Waals surface area contributed by atoms with Gasteiger partial charge in [0.1, 0.15) is 0 Å². The molecule has 0 radical (unpaired) electrons. The maximum atomic E-state index is 12.3. The van der Waals surface area contributed by atoms with Gasteiger partial charge in [-0.1, -0.05) is 29.8 Å². The van der Waals surface area contributed by atoms with E-state index in [0.29, 0.717) is 5.56 Å². The Morgan fingerprint density at radius 3 is 2.45 bits per heavy atom. The molecule has 1 aliphatic carbocycles. The molecule has 0 amide bonds. The lowest BCUT2D eigenvalue weighted by Crippen LogP contribution is -2.32. The molecular weight excluding hydrogens is 321 g/mol. The highest BCUT2D eigenvalue weighted by Crippen LogP contribution is 2.39. The molecule has 0 fully saturated rings. The molecule has 22 heavy (non-hydrogen) atoms. The van der Waals surface area contributed by atoms with Crippen molar-refractivity contribution in [2.75, 3.05) is 0 Å². The maximum Gasteiger partial charge on any atom is 0.534 e. The van der Waals surface area contributed by atoms with Crippen molar-refractivity contribution in [2.45, 2.75) is 31.2 Å². The number of Topliss-reactive ketones (excluding diaryl/α,β-unsaturated/α-hetero) is 1. The van der Waals surface area contributed by atoms with Crippen molar-refractivity contribution in [2.24, 2.45) is 0 Å². The molecule has 0 saturated heterocycles. The Labute approximate surface area is 125 Å². The smallest absolute Gasteiger partial charge is 0.373 e. The van der Waals surface area contributed by atoms with Crippen LogP contribution < -0.4 is 0 Å². The number of aryl methyl sites for hydroxylation is 1. The van der Waals surface area contributed by atoms with Gasteiger partial charge in [-0.3, -0.25) is 4.79 Å². The van der Waals surface area contributed by atoms with Crippen molar-refractivity contribution in [1.29, 1.82) is 0 Å². The average molecular weight is 334 g/mol. The van der Waals surface area contributed by atoms with Gasteiger partial charge in [-0.25, -0.2) is 0 Å². The van der Waals surface area contributed by atoms with Crippen molar-refractivity contribution in [3.05, 3.63) is 47.2 Å². The third-order valence-corrected chi connectivity index (χ3v) is 4.52. The van der Waals surface area contributed by atoms with Crippen LogP contribution >= 0.6 is 0 Å². The molecule has 0 spiro atoms. The lowest BCUT2D eigenvalue weighted by molar-refractivity contribution is -0.121. The van der Waals surface area contributed by atoms with Gasteiger partial charge in [0.05, 0.1) is 5.41 Å². The lowest BCUT2D eigenvalue weighted by Gasteiger charge is -2.23. The molecule has 1 aromatic carbocycles. The summed E-state index contributed by atoms with van der Waals surface area (Å²) in [6, 6.07) is 6.92. The van der Waals surface area contributed by atoms with Crippen molar-refractivity contribution in [3.63, 3.8) is 0 Å². The summed E-state index contributed by atoms with van der Waals surface area (Å²) in [5.41, 5.74) is -5.24. The Kier molecular flexibility index (Phi) is 3.85. The van der Waals surface area contributed by atoms with Crippen molar-refractivity contribution >= 4 is 15.9 Å². The summed E-state index contributed by atoms with van der Waals surface area (Å²) < 4.78 is 63.0. The molecule has 0 aliphatic heterocycles. The molecule has 0 aromatic heterocycles. The molecule has 1 aromatic rings. The van der Waals surface area contributed by atoms with E-state index in [-0.39, 0.29) is 6.42 Å². The minimum absolute atomic E-state index is 0.0675. The normalized spacial score (nSPS) is 22.6. The van der Waals surface area contributed by atoms with E-state index in [9.17, 15) is 26.4 Å². The summed E-state index contributed by atoms with van der Waals surface area (Å²) in [6.45, 7) is 3.35. The predicted octanol–water partition coefficient (Wildman–Crippen LogP) is 2.98. The van der Waals surface area contributed by atoms with Crippen LogP contribution in [-0.4, -0.2) is 19.7 Å². The molecule has 8 heteroatoms. The van der Waals surface area contributed by atoms with Crippen LogP contribution in [0, 0.1) is 6.92 Å². The standard InChI is InChI=1S/C14H13F3O4S/c1-9-4-3-5-10(8-9)13(2)7-6-11(12(13)18)21-22(19,20)14(15,16)17/h3-6,8H,7H2,1-2H3/t13-/m1/s1. The number of carbonyl (C=O) groups is 1. The fourth-order valence-electron chi connectivity index (χ4n) is 2.23. The number of hydrogen-bond donors (Lipinski definition) is 0. The Morgan fingerprint density at radius 1 is 1.27 bits per heavy atom. The summed E-state index contributed by atoms with van der Waals surface area (Å²) in [4.78, 5) is 12.3. The number of allylic oxidation sites excluding steroid dienone is 2. The van der Waals surface area contributed by atoms with E-state index in [0.717, 1.165) is 11.6 Å². The van der Waals surface area contributed by atoms with E-state index in [1.54, 1.807) is 18.2 Å². The first-order valence-electron chi connectivity index (χ1n) is 6.30. The van der Waals surface area contributed by atoms with Gasteiger partial charge in [-0.2, -0.15) is 21.6 Å². The van der Waals surface area contributed by atoms with Gasteiger partial charge in [0, 0.05) is 0 Å². The van der Waals surface area contributed by atoms with Gasteiger partial charge in [-0.05, 0) is 31.9 Å². The van der Waals surface area contributed by atoms with Crippen LogP contribution in [-0.2, 0) is 24.5 Å². The fourth-order valence-corrected chi connectivity index (χ4v) is 2.70. The van der Waals surface area contributed by atoms with Crippen LogP contribution in [0.4, 0.5) is 13.2 Å². The summed E-state index contributed by atoms with van der Waals surface area (Å²) in [6.07, 6.45) is 1.14. The van der Waals surface area contributed by atoms with Crippen LogP contribution in [0.15, 0.2) is 36.1 Å². The molecule has 1 atom stereocenters. The topological polar surface area (TPSA) is 60.4 Å². The lowest BCUT2D eigenvalue weighted by atomic mass is 9.79. The quantitative estimate of drug-likeness (QED) is 0.630. The summed E-state index contributed by atoms with van der Waals surface area (Å²) in [5.74, 6) is -1.58. The molecule has 0 heterocycles. The molecule has 0 N–H and O–H groups in total. The highest BCUT2D eigenvalue weighted by molar-refractivity contribution is 7.87. The van der Waals surface area contributed by atoms with Gasteiger partial charge < -0.3 is 4.18 Å². The first kappa shape index (κ1) is 16.5. The number of hydrogen-bond acceptors (Lipinski definition) is 4. The highest BCUT2D eigenvalue weighted by atomic mass is 32.2. The van der Waals surface area contributed by atoms with Gasteiger partial charge in [0.15, 0.2) is 5.76 Å². The van der Waals surface area contributed by atoms with Crippen LogP contribution in [0.1, 0.15) is 24.5 Å². The zero-order valence-electron chi connectivity index (χ0n) is 11.8. The van der Waals surface area contributed by atoms with Crippen molar-refractivity contribution < 1.29 is 30.6 Å². The van der Waals surface area contributed by atoms with E-state index in [1.807, 2.05) is 13.0 Å². The third-order valence-electron chi connectivity index (χ3n) is 3.56. The van der Waals surface area contributed by atoms with Crippen molar-refractivity contribution in [3.8, 4) is 0 Å². The van der Waals surface area contributed by atoms with E-state index < -0.39 is 32.6 Å². The Balaban J connectivity index is 2.30. The predicted molar refractivity (Wildman–Crippen MR) is 72.3 cm³/mol. The second kappa shape index (κ2) is 5.12. The molecule has 0 unspecified atom stereocenters. The first-order valence-corrected chi connectivity index (χ1v) is 7.71. The molecule has 1 aliphatic rings. The summed E-state index contributed by atoms with van der Waals surface area (Å²) >= 11 is 0. The number of alkyl halides is 3. The molecule has 120 valence electrons. The first-order chi connectivity index (χ1) is 9.97. The Hall–Kier alpha value is -1.83. The summed E-state index contributed by atoms with van der Waals surface area (Å²) in [5, 5.41) is 0. The molecular formula is C14H13F3O4S. The minimum Gasteiger partial charge on any atom is -0.373 e. The zero-order chi connectivity index (χ0) is 16.8. The second-order valence-electron chi connectivity index (χ2n) is 5.29. The number of rotatable bonds is 3. The maximum absolute atomic E-state index is 12.3. The SMILES string of the molecule is Cc1cccc([C@@]2(C)CC=C(OS(=O)(=O)C(F)(F)F)C2=O)c1.